The Bertz CT molecular complexity index is 1060. The zero-order valence-electron chi connectivity index (χ0n) is 29.1. The van der Waals surface area contributed by atoms with E-state index in [4.69, 9.17) is 0 Å². The first-order valence-electron chi connectivity index (χ1n) is 16.5. The third-order valence-electron chi connectivity index (χ3n) is 8.39. The monoisotopic (exact) mass is 677 g/mol. The summed E-state index contributed by atoms with van der Waals surface area (Å²) in [6, 6.07) is 0. The Balaban J connectivity index is 2.39. The highest BCUT2D eigenvalue weighted by atomic mass is 32.2. The minimum atomic E-state index is -0.435. The number of amides is 6. The number of nitrogens with zero attached hydrogens (tertiary/aromatic N) is 2. The maximum absolute atomic E-state index is 12.9. The number of Topliss-reactive ketones (excluding diaryl/α,β-unsaturated/α-hetero) is 1. The summed E-state index contributed by atoms with van der Waals surface area (Å²) in [6.45, 7) is 4.90. The van der Waals surface area contributed by atoms with Crippen LogP contribution in [-0.2, 0) is 33.6 Å². The van der Waals surface area contributed by atoms with Crippen molar-refractivity contribution in [3.05, 3.63) is 0 Å². The minimum Gasteiger partial charge on any atom is -0.406 e. The number of carbonyl (C=O) groups is 7. The standard InChI is InChI=1S/C29H54B3N7O7S/c1-29(2,47-3)22(40)10-6-4-8-12-33-23(41)17-38(19-25(43)35-30)18-24(42)34-13-9-5-7-11-26(44)39-15-20(27(45)36-31)14-21(16-39)28(46)37-32/h20-21H,4-19,30-32H2,1-3H3,(H,33,41)(H,34,42)(H,35,43)(H,36,45)(H,37,46). The van der Waals surface area contributed by atoms with E-state index >= 15 is 0 Å². The van der Waals surface area contributed by atoms with Crippen molar-refractivity contribution in [2.24, 2.45) is 11.8 Å². The number of hydrogen-bond donors (Lipinski definition) is 5. The van der Waals surface area contributed by atoms with Gasteiger partial charge < -0.3 is 31.2 Å². The second kappa shape index (κ2) is 22.5. The van der Waals surface area contributed by atoms with Gasteiger partial charge in [-0.25, -0.2) is 0 Å². The van der Waals surface area contributed by atoms with Crippen LogP contribution in [0.15, 0.2) is 0 Å². The van der Waals surface area contributed by atoms with Crippen molar-refractivity contribution in [1.82, 2.24) is 36.1 Å². The molecule has 0 aromatic heterocycles. The van der Waals surface area contributed by atoms with Crippen LogP contribution in [0.1, 0.15) is 71.6 Å². The third-order valence-corrected chi connectivity index (χ3v) is 9.64. The van der Waals surface area contributed by atoms with Gasteiger partial charge in [-0.3, -0.25) is 38.5 Å². The Labute approximate surface area is 286 Å². The molecule has 0 aromatic carbocycles. The summed E-state index contributed by atoms with van der Waals surface area (Å²) in [7, 11) is 4.57. The SMILES string of the molecule is BNC(=O)CN(CC(=O)NCCCCCC(=O)N1CC(C(=O)NB)CC(C(=O)NB)C1)CC(=O)NCCCCCC(=O)C(C)(C)SC. The average Bonchev–Trinajstić information content (AvgIpc) is 3.06. The highest BCUT2D eigenvalue weighted by molar-refractivity contribution is 8.00. The second-order valence-corrected chi connectivity index (χ2v) is 13.9. The minimum absolute atomic E-state index is 0.106. The van der Waals surface area contributed by atoms with E-state index in [1.54, 1.807) is 4.90 Å². The summed E-state index contributed by atoms with van der Waals surface area (Å²) < 4.78 is -0.385. The fourth-order valence-electron chi connectivity index (χ4n) is 5.25. The first-order valence-corrected chi connectivity index (χ1v) is 17.8. The molecule has 14 nitrogen and oxygen atoms in total. The molecule has 5 N–H and O–H groups in total. The van der Waals surface area contributed by atoms with Crippen molar-refractivity contribution in [1.29, 1.82) is 0 Å². The summed E-state index contributed by atoms with van der Waals surface area (Å²) in [5.74, 6) is -2.05. The Kier molecular flexibility index (Phi) is 20.2. The number of hydrogen-bond acceptors (Lipinski definition) is 9. The lowest BCUT2D eigenvalue weighted by Gasteiger charge is -2.36. The van der Waals surface area contributed by atoms with Crippen LogP contribution in [0.4, 0.5) is 0 Å². The van der Waals surface area contributed by atoms with E-state index in [-0.39, 0.29) is 85.1 Å². The maximum Gasteiger partial charge on any atom is 0.234 e. The van der Waals surface area contributed by atoms with Gasteiger partial charge in [0.1, 0.15) is 5.78 Å². The molecular weight excluding hydrogens is 623 g/mol. The van der Waals surface area contributed by atoms with Crippen LogP contribution in [0.3, 0.4) is 0 Å². The lowest BCUT2D eigenvalue weighted by molar-refractivity contribution is -0.139. The predicted octanol–water partition coefficient (Wildman–Crippen LogP) is -3.19. The van der Waals surface area contributed by atoms with Gasteiger partial charge in [0.25, 0.3) is 0 Å². The van der Waals surface area contributed by atoms with Gasteiger partial charge in [-0.2, -0.15) is 11.8 Å². The first-order chi connectivity index (χ1) is 22.3. The third kappa shape index (κ3) is 16.6. The van der Waals surface area contributed by atoms with Crippen molar-refractivity contribution in [2.45, 2.75) is 76.4 Å². The molecule has 2 unspecified atom stereocenters. The molecule has 47 heavy (non-hydrogen) atoms. The van der Waals surface area contributed by atoms with Crippen LogP contribution in [0.25, 0.3) is 0 Å². The Morgan fingerprint density at radius 1 is 0.702 bits per heavy atom. The fourth-order valence-corrected chi connectivity index (χ4v) is 5.58. The van der Waals surface area contributed by atoms with E-state index in [0.717, 1.165) is 19.3 Å². The molecule has 1 rings (SSSR count). The first kappa shape index (κ1) is 42.0. The van der Waals surface area contributed by atoms with E-state index in [2.05, 4.69) is 26.3 Å². The van der Waals surface area contributed by atoms with Gasteiger partial charge in [0.05, 0.1) is 36.2 Å². The number of nitrogens with one attached hydrogen (secondary N) is 5. The Morgan fingerprint density at radius 3 is 1.62 bits per heavy atom. The molecule has 0 spiro atoms. The Hall–Kier alpha value is -3.01. The molecule has 18 heteroatoms. The van der Waals surface area contributed by atoms with Crippen LogP contribution in [-0.4, -0.2) is 132 Å². The van der Waals surface area contributed by atoms with Gasteiger partial charge in [-0.15, -0.1) is 0 Å². The molecule has 1 heterocycles. The van der Waals surface area contributed by atoms with Crippen molar-refractivity contribution < 1.29 is 33.6 Å². The van der Waals surface area contributed by atoms with Crippen LogP contribution in [0, 0.1) is 11.8 Å². The summed E-state index contributed by atoms with van der Waals surface area (Å²) in [6.07, 6.45) is 7.32. The van der Waals surface area contributed by atoms with Gasteiger partial charge in [-0.05, 0) is 52.2 Å². The van der Waals surface area contributed by atoms with Gasteiger partial charge in [0, 0.05) is 39.0 Å². The van der Waals surface area contributed by atoms with E-state index < -0.39 is 11.8 Å². The van der Waals surface area contributed by atoms with Crippen LogP contribution < -0.4 is 26.3 Å². The molecule has 6 amide bonds. The van der Waals surface area contributed by atoms with Gasteiger partial charge in [-0.1, -0.05) is 12.8 Å². The highest BCUT2D eigenvalue weighted by Crippen LogP contribution is 2.25. The van der Waals surface area contributed by atoms with E-state index in [1.807, 2.05) is 20.1 Å². The van der Waals surface area contributed by atoms with E-state index in [1.165, 1.54) is 40.6 Å². The molecule has 0 aromatic rings. The number of piperidine rings is 1. The zero-order chi connectivity index (χ0) is 35.4. The summed E-state index contributed by atoms with van der Waals surface area (Å²) in [5.41, 5.74) is 0. The molecule has 0 aliphatic carbocycles. The number of likely N-dealkylation sites (tertiary alicyclic amines) is 1. The van der Waals surface area contributed by atoms with Crippen molar-refractivity contribution in [2.75, 3.05) is 52.1 Å². The average molecular weight is 677 g/mol. The van der Waals surface area contributed by atoms with Crippen molar-refractivity contribution in [3.8, 4) is 0 Å². The quantitative estimate of drug-likeness (QED) is 0.0582. The van der Waals surface area contributed by atoms with Crippen LogP contribution in [0.2, 0.25) is 0 Å². The maximum atomic E-state index is 12.9. The number of unbranched alkanes of at least 4 members (excludes halogenated alkanes) is 4. The molecule has 262 valence electrons. The van der Waals surface area contributed by atoms with Gasteiger partial charge >= 0.3 is 0 Å². The lowest BCUT2D eigenvalue weighted by atomic mass is 9.87. The highest BCUT2D eigenvalue weighted by Gasteiger charge is 2.36. The summed E-state index contributed by atoms with van der Waals surface area (Å²) >= 11 is 1.54. The fraction of sp³-hybridized carbons (Fsp3) is 0.759. The number of thioether (sulfide) groups is 1. The van der Waals surface area contributed by atoms with Crippen LogP contribution >= 0.6 is 11.8 Å². The van der Waals surface area contributed by atoms with E-state index in [0.29, 0.717) is 45.2 Å². The number of ketones is 1. The molecular formula is C29H54B3N7O7S. The topological polar surface area (TPSA) is 186 Å². The molecule has 0 saturated carbocycles. The smallest absolute Gasteiger partial charge is 0.234 e. The Morgan fingerprint density at radius 2 is 1.17 bits per heavy atom. The summed E-state index contributed by atoms with van der Waals surface area (Å²) in [5, 5.41) is 13.4. The zero-order valence-corrected chi connectivity index (χ0v) is 29.9. The van der Waals surface area contributed by atoms with Gasteiger partial charge in [0.2, 0.25) is 59.4 Å². The van der Waals surface area contributed by atoms with Crippen molar-refractivity contribution in [3.63, 3.8) is 0 Å². The number of carbonyl (C=O) groups excluding carboxylic acids is 7. The van der Waals surface area contributed by atoms with Gasteiger partial charge in [0.15, 0.2) is 0 Å². The largest absolute Gasteiger partial charge is 0.406 e. The second-order valence-electron chi connectivity index (χ2n) is 12.4. The molecule has 1 fully saturated rings. The molecule has 1 aliphatic heterocycles. The summed E-state index contributed by atoms with van der Waals surface area (Å²) in [4.78, 5) is 89.7. The van der Waals surface area contributed by atoms with E-state index in [9.17, 15) is 33.6 Å². The normalized spacial score (nSPS) is 16.2. The number of rotatable bonds is 22. The van der Waals surface area contributed by atoms with Crippen LogP contribution in [0.5, 0.6) is 0 Å². The lowest BCUT2D eigenvalue weighted by Crippen LogP contribution is -2.51. The molecule has 0 bridgehead atoms. The molecule has 0 radical (unpaired) electrons. The molecule has 2 atom stereocenters. The predicted molar refractivity (Wildman–Crippen MR) is 190 cm³/mol. The molecule has 1 aliphatic rings. The van der Waals surface area contributed by atoms with Crippen molar-refractivity contribution >= 4 is 76.9 Å². The molecule has 1 saturated heterocycles.